The highest BCUT2D eigenvalue weighted by Crippen LogP contribution is 2.51. The molecule has 0 amide bonds. The number of anilines is 9. The quantitative estimate of drug-likeness (QED) is 0.156. The van der Waals surface area contributed by atoms with Crippen LogP contribution in [0, 0.1) is 33.1 Å². The Kier molecular flexibility index (Phi) is 8.67. The Labute approximate surface area is 353 Å². The lowest BCUT2D eigenvalue weighted by Crippen LogP contribution is -2.62. The Morgan fingerprint density at radius 2 is 1.07 bits per heavy atom. The fraction of sp³-hybridized carbons (Fsp3) is 0.222. The van der Waals surface area contributed by atoms with Gasteiger partial charge in [-0.15, -0.1) is 0 Å². The van der Waals surface area contributed by atoms with Crippen molar-refractivity contribution in [2.75, 3.05) is 14.7 Å². The van der Waals surface area contributed by atoms with Gasteiger partial charge in [-0.25, -0.2) is 0 Å². The van der Waals surface area contributed by atoms with Crippen LogP contribution in [-0.4, -0.2) is 14.8 Å². The van der Waals surface area contributed by atoms with E-state index in [0.717, 1.165) is 29.9 Å². The number of nitrogens with zero attached hydrogens (tertiary/aromatic N) is 3. The average molecular weight is 784 g/mol. The molecule has 0 unspecified atom stereocenters. The van der Waals surface area contributed by atoms with Crippen molar-refractivity contribution in [3.8, 4) is 0 Å². The van der Waals surface area contributed by atoms with Crippen LogP contribution >= 0.6 is 0 Å². The molecule has 0 saturated heterocycles. The maximum atomic E-state index is 2.67. The van der Waals surface area contributed by atoms with Gasteiger partial charge < -0.3 is 14.7 Å². The Bertz CT molecular complexity index is 2750. The summed E-state index contributed by atoms with van der Waals surface area (Å²) in [5, 5.41) is 1.48. The Morgan fingerprint density at radius 3 is 1.64 bits per heavy atom. The lowest BCUT2D eigenvalue weighted by Gasteiger charge is -2.46. The van der Waals surface area contributed by atoms with E-state index >= 15 is 0 Å². The molecule has 1 aliphatic carbocycles. The molecule has 2 aliphatic heterocycles. The topological polar surface area (TPSA) is 9.72 Å². The molecule has 3 aliphatic rings. The van der Waals surface area contributed by atoms with Crippen molar-refractivity contribution in [3.63, 3.8) is 0 Å². The first kappa shape index (κ1) is 37.5. The van der Waals surface area contributed by atoms with Crippen molar-refractivity contribution in [1.29, 1.82) is 0 Å². The summed E-state index contributed by atoms with van der Waals surface area (Å²) in [6, 6.07) is 53.6. The number of hydrogen-bond donors (Lipinski definition) is 0. The Morgan fingerprint density at radius 1 is 0.525 bits per heavy atom. The first-order valence-corrected chi connectivity index (χ1v) is 24.9. The molecule has 0 N–H and O–H groups in total. The van der Waals surface area contributed by atoms with Crippen LogP contribution in [0.2, 0.25) is 19.6 Å². The molecule has 0 saturated carbocycles. The minimum absolute atomic E-state index is 0.0662. The molecule has 0 bridgehead atoms. The first-order chi connectivity index (χ1) is 28.3. The molecule has 10 rings (SSSR count). The number of para-hydroxylation sites is 2. The SMILES string of the molecule is Cc1ccc(N(c2ccc(C)cc2)c2cc3c4c(c2)N(c2ccccc2C)c2c(ccc5c2CC(C)(C)C5)B4c2ccc([Si](C)(C)C)cc2N3c2ccccc2C)cc1. The van der Waals surface area contributed by atoms with Gasteiger partial charge in [0.25, 0.3) is 6.71 Å². The minimum Gasteiger partial charge on any atom is -0.311 e. The predicted octanol–water partition coefficient (Wildman–Crippen LogP) is 12.1. The van der Waals surface area contributed by atoms with Crippen molar-refractivity contribution in [2.24, 2.45) is 5.41 Å². The van der Waals surface area contributed by atoms with Crippen molar-refractivity contribution < 1.29 is 0 Å². The summed E-state index contributed by atoms with van der Waals surface area (Å²) < 4.78 is 0. The van der Waals surface area contributed by atoms with Gasteiger partial charge in [-0.2, -0.15) is 0 Å². The van der Waals surface area contributed by atoms with Gasteiger partial charge in [-0.3, -0.25) is 0 Å². The van der Waals surface area contributed by atoms with Crippen LogP contribution in [0.1, 0.15) is 47.2 Å². The third kappa shape index (κ3) is 6.16. The van der Waals surface area contributed by atoms with E-state index in [1.54, 1.807) is 0 Å². The fourth-order valence-electron chi connectivity index (χ4n) is 10.2. The number of benzene rings is 7. The number of fused-ring (bicyclic) bond motifs is 6. The molecule has 0 radical (unpaired) electrons. The monoisotopic (exact) mass is 783 g/mol. The van der Waals surface area contributed by atoms with Gasteiger partial charge in [-0.1, -0.05) is 135 Å². The second kappa shape index (κ2) is 13.6. The largest absolute Gasteiger partial charge is 0.311 e. The zero-order valence-electron chi connectivity index (χ0n) is 36.1. The summed E-state index contributed by atoms with van der Waals surface area (Å²) in [4.78, 5) is 7.76. The molecule has 0 spiro atoms. The molecule has 0 atom stereocenters. The lowest BCUT2D eigenvalue weighted by molar-refractivity contribution is 0.393. The third-order valence-electron chi connectivity index (χ3n) is 13.2. The smallest absolute Gasteiger partial charge is 0.252 e. The molecule has 2 heterocycles. The van der Waals surface area contributed by atoms with Gasteiger partial charge in [-0.05, 0) is 139 Å². The van der Waals surface area contributed by atoms with Gasteiger partial charge in [0.1, 0.15) is 0 Å². The second-order valence-corrected chi connectivity index (χ2v) is 24.3. The van der Waals surface area contributed by atoms with Gasteiger partial charge in [0.05, 0.1) is 13.8 Å². The van der Waals surface area contributed by atoms with Gasteiger partial charge in [0.15, 0.2) is 0 Å². The van der Waals surface area contributed by atoms with Crippen molar-refractivity contribution in [1.82, 2.24) is 0 Å². The van der Waals surface area contributed by atoms with Gasteiger partial charge >= 0.3 is 0 Å². The van der Waals surface area contributed by atoms with Crippen LogP contribution < -0.4 is 36.3 Å². The fourth-order valence-corrected chi connectivity index (χ4v) is 11.3. The molecule has 0 fully saturated rings. The summed E-state index contributed by atoms with van der Waals surface area (Å²) in [5.41, 5.74) is 23.4. The molecule has 59 heavy (non-hydrogen) atoms. The maximum absolute atomic E-state index is 2.67. The molecule has 0 aromatic heterocycles. The summed E-state index contributed by atoms with van der Waals surface area (Å²) in [6.07, 6.45) is 2.14. The highest BCUT2D eigenvalue weighted by atomic mass is 28.3. The van der Waals surface area contributed by atoms with E-state index in [-0.39, 0.29) is 12.1 Å². The van der Waals surface area contributed by atoms with E-state index in [2.05, 4.69) is 215 Å². The molecular weight excluding hydrogens is 730 g/mol. The highest BCUT2D eigenvalue weighted by molar-refractivity contribution is 7.00. The summed E-state index contributed by atoms with van der Waals surface area (Å²) in [5.74, 6) is 0. The molecule has 7 aromatic carbocycles. The van der Waals surface area contributed by atoms with Crippen LogP contribution in [0.15, 0.2) is 140 Å². The van der Waals surface area contributed by atoms with Crippen molar-refractivity contribution in [3.05, 3.63) is 173 Å². The summed E-state index contributed by atoms with van der Waals surface area (Å²) in [6.45, 7) is 21.3. The molecular formula is C54H54BN3Si. The number of rotatable bonds is 6. The van der Waals surface area contributed by atoms with E-state index < -0.39 is 8.07 Å². The van der Waals surface area contributed by atoms with E-state index in [0.29, 0.717) is 0 Å². The summed E-state index contributed by atoms with van der Waals surface area (Å²) >= 11 is 0. The molecule has 292 valence electrons. The minimum atomic E-state index is -1.69. The van der Waals surface area contributed by atoms with Crippen molar-refractivity contribution in [2.45, 2.75) is 74.0 Å². The van der Waals surface area contributed by atoms with Crippen LogP contribution in [0.3, 0.4) is 0 Å². The van der Waals surface area contributed by atoms with Crippen molar-refractivity contribution >= 4 is 87.5 Å². The second-order valence-electron chi connectivity index (χ2n) is 19.3. The van der Waals surface area contributed by atoms with E-state index in [4.69, 9.17) is 0 Å². The van der Waals surface area contributed by atoms with E-state index in [1.807, 2.05) is 0 Å². The molecule has 7 aromatic rings. The standard InChI is InChI=1S/C54H54BN3Si/c1-35-18-23-40(24-19-35)56(41-25-20-36(2)21-26-41)42-30-50-52-51(31-42)58(48-17-13-11-15-38(48)4)53-44-34-54(5,6)33-39(44)22-28-46(53)55(52)45-29-27-43(59(7,8)9)32-49(45)57(50)47-16-12-10-14-37(47)3/h10-32H,33-34H2,1-9H3. The Balaban J connectivity index is 1.37. The third-order valence-corrected chi connectivity index (χ3v) is 15.2. The van der Waals surface area contributed by atoms with Crippen LogP contribution in [0.5, 0.6) is 0 Å². The van der Waals surface area contributed by atoms with E-state index in [1.165, 1.54) is 89.1 Å². The Hall–Kier alpha value is -5.78. The highest BCUT2D eigenvalue weighted by Gasteiger charge is 2.47. The summed E-state index contributed by atoms with van der Waals surface area (Å²) in [7, 11) is -1.69. The lowest BCUT2D eigenvalue weighted by atomic mass is 9.33. The van der Waals surface area contributed by atoms with Crippen LogP contribution in [0.25, 0.3) is 0 Å². The predicted molar refractivity (Wildman–Crippen MR) is 258 cm³/mol. The van der Waals surface area contributed by atoms with Gasteiger partial charge in [0, 0.05) is 45.5 Å². The molecule has 5 heteroatoms. The zero-order valence-corrected chi connectivity index (χ0v) is 37.1. The maximum Gasteiger partial charge on any atom is 0.252 e. The zero-order chi connectivity index (χ0) is 41.0. The normalized spacial score (nSPS) is 14.8. The van der Waals surface area contributed by atoms with Gasteiger partial charge in [0.2, 0.25) is 0 Å². The van der Waals surface area contributed by atoms with E-state index in [9.17, 15) is 0 Å². The number of hydrogen-bond acceptors (Lipinski definition) is 3. The average Bonchev–Trinajstić information content (AvgIpc) is 3.53. The first-order valence-electron chi connectivity index (χ1n) is 21.4. The number of aryl methyl sites for hydroxylation is 4. The van der Waals surface area contributed by atoms with Crippen LogP contribution in [0.4, 0.5) is 51.2 Å². The van der Waals surface area contributed by atoms with Crippen LogP contribution in [-0.2, 0) is 12.8 Å². The molecule has 3 nitrogen and oxygen atoms in total.